The SMILES string of the molecule is CC(C)Cc1[nH]c(-c2ccc(F)cc2)nc(=S)c1Br. The van der Waals surface area contributed by atoms with E-state index in [1.54, 1.807) is 12.1 Å². The maximum atomic E-state index is 12.9. The highest BCUT2D eigenvalue weighted by Gasteiger charge is 2.09. The highest BCUT2D eigenvalue weighted by Crippen LogP contribution is 2.23. The summed E-state index contributed by atoms with van der Waals surface area (Å²) in [6.07, 6.45) is 0.876. The van der Waals surface area contributed by atoms with Crippen LogP contribution in [0.2, 0.25) is 0 Å². The molecule has 1 aromatic heterocycles. The number of hydrogen-bond donors (Lipinski definition) is 1. The summed E-state index contributed by atoms with van der Waals surface area (Å²) in [6, 6.07) is 6.21. The van der Waals surface area contributed by atoms with Crippen LogP contribution < -0.4 is 0 Å². The minimum atomic E-state index is -0.262. The molecule has 2 aromatic rings. The predicted molar refractivity (Wildman–Crippen MR) is 81.1 cm³/mol. The molecule has 1 N–H and O–H groups in total. The molecule has 0 aliphatic rings. The van der Waals surface area contributed by atoms with Gasteiger partial charge in [-0.05, 0) is 52.5 Å². The Labute approximate surface area is 125 Å². The van der Waals surface area contributed by atoms with Gasteiger partial charge in [-0.25, -0.2) is 9.37 Å². The lowest BCUT2D eigenvalue weighted by Gasteiger charge is -2.10. The molecule has 1 aromatic carbocycles. The summed E-state index contributed by atoms with van der Waals surface area (Å²) in [5.74, 6) is 0.913. The molecule has 0 aliphatic carbocycles. The van der Waals surface area contributed by atoms with Gasteiger partial charge in [0.25, 0.3) is 0 Å². The quantitative estimate of drug-likeness (QED) is 0.804. The number of nitrogens with zero attached hydrogens (tertiary/aromatic N) is 1. The fraction of sp³-hybridized carbons (Fsp3) is 0.286. The molecule has 0 radical (unpaired) electrons. The summed E-state index contributed by atoms with van der Waals surface area (Å²) in [7, 11) is 0. The van der Waals surface area contributed by atoms with Gasteiger partial charge in [0, 0.05) is 11.3 Å². The molecule has 0 atom stereocenters. The first-order chi connectivity index (χ1) is 8.97. The fourth-order valence-electron chi connectivity index (χ4n) is 1.80. The molecule has 5 heteroatoms. The number of hydrogen-bond acceptors (Lipinski definition) is 2. The normalized spacial score (nSPS) is 11.0. The van der Waals surface area contributed by atoms with Gasteiger partial charge in [-0.15, -0.1) is 0 Å². The maximum Gasteiger partial charge on any atom is 0.144 e. The van der Waals surface area contributed by atoms with E-state index in [-0.39, 0.29) is 5.82 Å². The molecule has 1 heterocycles. The zero-order chi connectivity index (χ0) is 14.0. The average Bonchev–Trinajstić information content (AvgIpc) is 2.35. The lowest BCUT2D eigenvalue weighted by atomic mass is 10.1. The number of nitrogens with one attached hydrogen (secondary N) is 1. The predicted octanol–water partition coefficient (Wildman–Crippen LogP) is 4.91. The second-order valence-electron chi connectivity index (χ2n) is 4.79. The van der Waals surface area contributed by atoms with Crippen molar-refractivity contribution < 1.29 is 4.39 Å². The van der Waals surface area contributed by atoms with E-state index in [1.165, 1.54) is 12.1 Å². The van der Waals surface area contributed by atoms with Crippen molar-refractivity contribution in [1.82, 2.24) is 9.97 Å². The average molecular weight is 341 g/mol. The third-order valence-corrected chi connectivity index (χ3v) is 4.08. The Morgan fingerprint density at radius 2 is 1.95 bits per heavy atom. The zero-order valence-corrected chi connectivity index (χ0v) is 13.1. The van der Waals surface area contributed by atoms with Gasteiger partial charge in [0.05, 0.1) is 4.47 Å². The van der Waals surface area contributed by atoms with Crippen LogP contribution in [0.25, 0.3) is 11.4 Å². The summed E-state index contributed by atoms with van der Waals surface area (Å²) < 4.78 is 14.3. The van der Waals surface area contributed by atoms with Crippen LogP contribution in [0.1, 0.15) is 19.5 Å². The summed E-state index contributed by atoms with van der Waals surface area (Å²) in [4.78, 5) is 7.60. The molecule has 0 unspecified atom stereocenters. The fourth-order valence-corrected chi connectivity index (χ4v) is 2.36. The number of rotatable bonds is 3. The summed E-state index contributed by atoms with van der Waals surface area (Å²) in [6.45, 7) is 4.28. The molecule has 0 saturated heterocycles. The van der Waals surface area contributed by atoms with E-state index >= 15 is 0 Å². The first-order valence-electron chi connectivity index (χ1n) is 6.02. The van der Waals surface area contributed by atoms with Crippen LogP contribution in [-0.2, 0) is 6.42 Å². The molecule has 0 saturated carbocycles. The zero-order valence-electron chi connectivity index (χ0n) is 10.7. The lowest BCUT2D eigenvalue weighted by Crippen LogP contribution is -2.02. The smallest absolute Gasteiger partial charge is 0.144 e. The third kappa shape index (κ3) is 3.48. The first kappa shape index (κ1) is 14.3. The van der Waals surface area contributed by atoms with E-state index < -0.39 is 0 Å². The molecule has 2 rings (SSSR count). The Hall–Kier alpha value is -1.07. The lowest BCUT2D eigenvalue weighted by molar-refractivity contribution is 0.627. The van der Waals surface area contributed by atoms with E-state index in [4.69, 9.17) is 12.2 Å². The largest absolute Gasteiger partial charge is 0.342 e. The second kappa shape index (κ2) is 5.92. The third-order valence-electron chi connectivity index (χ3n) is 2.67. The Balaban J connectivity index is 2.50. The monoisotopic (exact) mass is 340 g/mol. The number of H-pyrrole nitrogens is 1. The van der Waals surface area contributed by atoms with Gasteiger partial charge in [0.2, 0.25) is 0 Å². The van der Waals surface area contributed by atoms with Crippen LogP contribution in [0.5, 0.6) is 0 Å². The minimum Gasteiger partial charge on any atom is -0.342 e. The Kier molecular flexibility index (Phi) is 4.47. The van der Waals surface area contributed by atoms with Crippen molar-refractivity contribution in [1.29, 1.82) is 0 Å². The second-order valence-corrected chi connectivity index (χ2v) is 5.97. The topological polar surface area (TPSA) is 28.7 Å². The first-order valence-corrected chi connectivity index (χ1v) is 7.22. The van der Waals surface area contributed by atoms with E-state index in [0.29, 0.717) is 16.4 Å². The molecular formula is C14H14BrFN2S. The summed E-state index contributed by atoms with van der Waals surface area (Å²) >= 11 is 8.72. The molecule has 0 spiro atoms. The van der Waals surface area contributed by atoms with Crippen molar-refractivity contribution in [3.8, 4) is 11.4 Å². The van der Waals surface area contributed by atoms with E-state index in [0.717, 1.165) is 22.2 Å². The van der Waals surface area contributed by atoms with E-state index in [1.807, 2.05) is 0 Å². The maximum absolute atomic E-state index is 12.9. The molecule has 0 amide bonds. The van der Waals surface area contributed by atoms with Crippen molar-refractivity contribution in [3.63, 3.8) is 0 Å². The number of aromatic nitrogens is 2. The van der Waals surface area contributed by atoms with Crippen molar-refractivity contribution in [2.75, 3.05) is 0 Å². The van der Waals surface area contributed by atoms with Gasteiger partial charge >= 0.3 is 0 Å². The molecule has 0 bridgehead atoms. The van der Waals surface area contributed by atoms with Gasteiger partial charge in [-0.2, -0.15) is 0 Å². The molecule has 0 aliphatic heterocycles. The Morgan fingerprint density at radius 3 is 2.53 bits per heavy atom. The van der Waals surface area contributed by atoms with E-state index in [9.17, 15) is 4.39 Å². The molecule has 2 nitrogen and oxygen atoms in total. The van der Waals surface area contributed by atoms with Gasteiger partial charge in [-0.3, -0.25) is 0 Å². The van der Waals surface area contributed by atoms with Crippen molar-refractivity contribution in [3.05, 3.63) is 44.9 Å². The van der Waals surface area contributed by atoms with Crippen LogP contribution in [-0.4, -0.2) is 9.97 Å². The number of halogens is 2. The van der Waals surface area contributed by atoms with Gasteiger partial charge in [-0.1, -0.05) is 26.1 Å². The molecule has 100 valence electrons. The molecular weight excluding hydrogens is 327 g/mol. The number of aromatic amines is 1. The minimum absolute atomic E-state index is 0.262. The van der Waals surface area contributed by atoms with Crippen molar-refractivity contribution in [2.45, 2.75) is 20.3 Å². The van der Waals surface area contributed by atoms with Crippen LogP contribution in [0.15, 0.2) is 28.7 Å². The van der Waals surface area contributed by atoms with Gasteiger partial charge in [0.15, 0.2) is 0 Å². The molecule has 0 fully saturated rings. The van der Waals surface area contributed by atoms with Crippen molar-refractivity contribution >= 4 is 28.1 Å². The standard InChI is InChI=1S/C14H14BrFN2S/c1-8(2)7-11-12(15)14(19)18-13(17-11)9-3-5-10(16)6-4-9/h3-6,8H,7H2,1-2H3,(H,17,18,19). The van der Waals surface area contributed by atoms with Gasteiger partial charge in [0.1, 0.15) is 16.3 Å². The number of benzene rings is 1. The van der Waals surface area contributed by atoms with Crippen LogP contribution >= 0.6 is 28.1 Å². The summed E-state index contributed by atoms with van der Waals surface area (Å²) in [5.41, 5.74) is 1.85. The highest BCUT2D eigenvalue weighted by atomic mass is 79.9. The summed E-state index contributed by atoms with van der Waals surface area (Å²) in [5, 5.41) is 0. The van der Waals surface area contributed by atoms with Crippen LogP contribution in [0, 0.1) is 16.4 Å². The van der Waals surface area contributed by atoms with Crippen LogP contribution in [0.3, 0.4) is 0 Å². The Morgan fingerprint density at radius 1 is 1.32 bits per heavy atom. The molecule has 19 heavy (non-hydrogen) atoms. The van der Waals surface area contributed by atoms with Crippen molar-refractivity contribution in [2.24, 2.45) is 5.92 Å². The highest BCUT2D eigenvalue weighted by molar-refractivity contribution is 9.10. The Bertz CT molecular complexity index is 635. The van der Waals surface area contributed by atoms with Gasteiger partial charge < -0.3 is 4.98 Å². The van der Waals surface area contributed by atoms with E-state index in [2.05, 4.69) is 39.7 Å². The van der Waals surface area contributed by atoms with Crippen LogP contribution in [0.4, 0.5) is 4.39 Å².